The van der Waals surface area contributed by atoms with Crippen molar-refractivity contribution in [1.29, 1.82) is 0 Å². The van der Waals surface area contributed by atoms with Gasteiger partial charge in [0.15, 0.2) is 0 Å². The number of amides is 2. The third-order valence-electron chi connectivity index (χ3n) is 4.77. The van der Waals surface area contributed by atoms with Crippen LogP contribution in [0.25, 0.3) is 0 Å². The number of nitrogens with one attached hydrogen (secondary N) is 2. The number of sulfonamides is 1. The van der Waals surface area contributed by atoms with Gasteiger partial charge in [-0.1, -0.05) is 18.2 Å². The molecule has 7 nitrogen and oxygen atoms in total. The van der Waals surface area contributed by atoms with Gasteiger partial charge in [-0.2, -0.15) is 0 Å². The smallest absolute Gasteiger partial charge is 0.224 e. The molecule has 0 aliphatic carbocycles. The molecule has 3 rings (SSSR count). The zero-order valence-electron chi connectivity index (χ0n) is 16.6. The topological polar surface area (TPSA) is 95.6 Å². The summed E-state index contributed by atoms with van der Waals surface area (Å²) < 4.78 is 26.2. The maximum absolute atomic E-state index is 12.4. The fraction of sp³-hybridized carbons (Fsp3) is 0.333. The fourth-order valence-corrected chi connectivity index (χ4v) is 5.20. The Morgan fingerprint density at radius 2 is 1.93 bits per heavy atom. The number of hydrogen-bond acceptors (Lipinski definition) is 5. The molecule has 0 fully saturated rings. The second kappa shape index (κ2) is 10.0. The van der Waals surface area contributed by atoms with E-state index in [1.165, 1.54) is 16.5 Å². The van der Waals surface area contributed by atoms with E-state index in [2.05, 4.69) is 22.7 Å². The number of benzene rings is 1. The first-order valence-corrected chi connectivity index (χ1v) is 12.2. The van der Waals surface area contributed by atoms with Gasteiger partial charge in [0, 0.05) is 43.0 Å². The Hall–Kier alpha value is -2.49. The molecule has 160 valence electrons. The third-order valence-corrected chi connectivity index (χ3v) is 7.11. The SMILES string of the molecule is C=CCNS(=O)(=O)Cc1ccc(NC(=O)CCC(=O)N2CCc3sccc3C2)cc1. The summed E-state index contributed by atoms with van der Waals surface area (Å²) in [5.74, 6) is -0.412. The molecule has 1 aliphatic rings. The van der Waals surface area contributed by atoms with Crippen LogP contribution < -0.4 is 10.0 Å². The standard InChI is InChI=1S/C21H25N3O4S2/c1-2-11-22-30(27,28)15-16-3-5-18(6-4-16)23-20(25)7-8-21(26)24-12-9-19-17(14-24)10-13-29-19/h2-6,10,13,22H,1,7-9,11-12,14-15H2,(H,23,25). The van der Waals surface area contributed by atoms with Crippen molar-refractivity contribution in [2.24, 2.45) is 0 Å². The van der Waals surface area contributed by atoms with Crippen LogP contribution in [0.5, 0.6) is 0 Å². The van der Waals surface area contributed by atoms with E-state index in [1.807, 2.05) is 5.38 Å². The molecule has 30 heavy (non-hydrogen) atoms. The molecule has 0 atom stereocenters. The average Bonchev–Trinajstić information content (AvgIpc) is 3.19. The molecule has 9 heteroatoms. The Kier molecular flexibility index (Phi) is 7.41. The highest BCUT2D eigenvalue weighted by atomic mass is 32.2. The van der Waals surface area contributed by atoms with E-state index in [0.29, 0.717) is 24.3 Å². The van der Waals surface area contributed by atoms with E-state index in [1.54, 1.807) is 40.5 Å². The van der Waals surface area contributed by atoms with Crippen molar-refractivity contribution in [3.05, 3.63) is 64.4 Å². The lowest BCUT2D eigenvalue weighted by Crippen LogP contribution is -2.35. The van der Waals surface area contributed by atoms with Gasteiger partial charge in [-0.15, -0.1) is 17.9 Å². The van der Waals surface area contributed by atoms with E-state index in [9.17, 15) is 18.0 Å². The van der Waals surface area contributed by atoms with Crippen LogP contribution in [0.2, 0.25) is 0 Å². The van der Waals surface area contributed by atoms with Gasteiger partial charge in [0.25, 0.3) is 0 Å². The Morgan fingerprint density at radius 3 is 2.67 bits per heavy atom. The molecular weight excluding hydrogens is 422 g/mol. The zero-order valence-corrected chi connectivity index (χ0v) is 18.2. The number of thiophene rings is 1. The molecule has 1 aromatic heterocycles. The first kappa shape index (κ1) is 22.2. The van der Waals surface area contributed by atoms with Gasteiger partial charge in [-0.3, -0.25) is 9.59 Å². The predicted molar refractivity (Wildman–Crippen MR) is 119 cm³/mol. The third kappa shape index (κ3) is 6.25. The summed E-state index contributed by atoms with van der Waals surface area (Å²) in [5.41, 5.74) is 2.37. The number of rotatable bonds is 9. The molecule has 2 heterocycles. The van der Waals surface area contributed by atoms with E-state index in [4.69, 9.17) is 0 Å². The van der Waals surface area contributed by atoms with Gasteiger partial charge >= 0.3 is 0 Å². The van der Waals surface area contributed by atoms with Gasteiger partial charge < -0.3 is 10.2 Å². The number of hydrogen-bond donors (Lipinski definition) is 2. The highest BCUT2D eigenvalue weighted by Gasteiger charge is 2.21. The minimum absolute atomic E-state index is 0.0189. The maximum atomic E-state index is 12.4. The highest BCUT2D eigenvalue weighted by molar-refractivity contribution is 7.88. The van der Waals surface area contributed by atoms with Gasteiger partial charge in [0.2, 0.25) is 21.8 Å². The summed E-state index contributed by atoms with van der Waals surface area (Å²) in [5, 5.41) is 4.80. The summed E-state index contributed by atoms with van der Waals surface area (Å²) in [7, 11) is -3.43. The van der Waals surface area contributed by atoms with E-state index >= 15 is 0 Å². The van der Waals surface area contributed by atoms with Crippen molar-refractivity contribution in [3.63, 3.8) is 0 Å². The monoisotopic (exact) mass is 447 g/mol. The fourth-order valence-electron chi connectivity index (χ4n) is 3.20. The first-order chi connectivity index (χ1) is 14.4. The minimum Gasteiger partial charge on any atom is -0.338 e. The van der Waals surface area contributed by atoms with E-state index in [0.717, 1.165) is 6.42 Å². The molecule has 0 saturated carbocycles. The second-order valence-corrected chi connectivity index (χ2v) is 9.88. The van der Waals surface area contributed by atoms with Crippen molar-refractivity contribution < 1.29 is 18.0 Å². The lowest BCUT2D eigenvalue weighted by molar-refractivity contribution is -0.133. The number of anilines is 1. The van der Waals surface area contributed by atoms with Gasteiger partial charge in [0.1, 0.15) is 0 Å². The number of carbonyl (C=O) groups excluding carboxylic acids is 2. The van der Waals surface area contributed by atoms with Gasteiger partial charge in [-0.25, -0.2) is 13.1 Å². The van der Waals surface area contributed by atoms with Crippen molar-refractivity contribution in [2.45, 2.75) is 31.6 Å². The summed E-state index contributed by atoms with van der Waals surface area (Å²) in [4.78, 5) is 27.8. The van der Waals surface area contributed by atoms with Crippen LogP contribution >= 0.6 is 11.3 Å². The number of fused-ring (bicyclic) bond motifs is 1. The Labute approximate surface area is 180 Å². The summed E-state index contributed by atoms with van der Waals surface area (Å²) in [6.07, 6.45) is 2.62. The Morgan fingerprint density at radius 1 is 1.17 bits per heavy atom. The molecule has 0 spiro atoms. The Balaban J connectivity index is 1.44. The first-order valence-electron chi connectivity index (χ1n) is 9.66. The van der Waals surface area contributed by atoms with Crippen molar-refractivity contribution in [1.82, 2.24) is 9.62 Å². The average molecular weight is 448 g/mol. The largest absolute Gasteiger partial charge is 0.338 e. The molecule has 0 saturated heterocycles. The normalized spacial score (nSPS) is 13.5. The molecule has 1 aromatic carbocycles. The van der Waals surface area contributed by atoms with Crippen LogP contribution in [0.3, 0.4) is 0 Å². The zero-order chi connectivity index (χ0) is 21.6. The van der Waals surface area contributed by atoms with Crippen LogP contribution in [0.15, 0.2) is 48.4 Å². The minimum atomic E-state index is -3.43. The van der Waals surface area contributed by atoms with Crippen LogP contribution in [0.4, 0.5) is 5.69 Å². The number of nitrogens with zero attached hydrogens (tertiary/aromatic N) is 1. The van der Waals surface area contributed by atoms with E-state index < -0.39 is 10.0 Å². The van der Waals surface area contributed by atoms with Crippen LogP contribution in [0.1, 0.15) is 28.8 Å². The van der Waals surface area contributed by atoms with Crippen molar-refractivity contribution in [3.8, 4) is 0 Å². The predicted octanol–water partition coefficient (Wildman–Crippen LogP) is 2.66. The summed E-state index contributed by atoms with van der Waals surface area (Å²) in [6, 6.07) is 8.67. The van der Waals surface area contributed by atoms with Crippen LogP contribution in [0, 0.1) is 0 Å². The van der Waals surface area contributed by atoms with E-state index in [-0.39, 0.29) is 37.0 Å². The highest BCUT2D eigenvalue weighted by Crippen LogP contribution is 2.24. The van der Waals surface area contributed by atoms with Crippen LogP contribution in [-0.4, -0.2) is 38.2 Å². The maximum Gasteiger partial charge on any atom is 0.224 e. The lowest BCUT2D eigenvalue weighted by atomic mass is 10.1. The molecule has 2 aromatic rings. The van der Waals surface area contributed by atoms with Crippen LogP contribution in [-0.2, 0) is 38.3 Å². The molecule has 2 amide bonds. The summed E-state index contributed by atoms with van der Waals surface area (Å²) in [6.45, 7) is 4.97. The van der Waals surface area contributed by atoms with Gasteiger partial charge in [0.05, 0.1) is 5.75 Å². The lowest BCUT2D eigenvalue weighted by Gasteiger charge is -2.27. The second-order valence-electron chi connectivity index (χ2n) is 7.08. The molecule has 1 aliphatic heterocycles. The molecule has 0 bridgehead atoms. The van der Waals surface area contributed by atoms with Crippen molar-refractivity contribution >= 4 is 38.9 Å². The molecular formula is C21H25N3O4S2. The number of carbonyl (C=O) groups is 2. The molecule has 2 N–H and O–H groups in total. The summed E-state index contributed by atoms with van der Waals surface area (Å²) >= 11 is 1.72. The quantitative estimate of drug-likeness (QED) is 0.578. The van der Waals surface area contributed by atoms with Gasteiger partial charge in [-0.05, 0) is 41.1 Å². The Bertz CT molecular complexity index is 1010. The van der Waals surface area contributed by atoms with Crippen molar-refractivity contribution in [2.75, 3.05) is 18.4 Å². The molecule has 0 unspecified atom stereocenters. The molecule has 0 radical (unpaired) electrons.